The summed E-state index contributed by atoms with van der Waals surface area (Å²) in [5.41, 5.74) is 1.30. The molecule has 0 unspecified atom stereocenters. The number of anilines is 1. The van der Waals surface area contributed by atoms with Gasteiger partial charge in [-0.2, -0.15) is 0 Å². The minimum Gasteiger partial charge on any atom is -0.480 e. The molecule has 6 heteroatoms. The number of aryl methyl sites for hydroxylation is 1. The molecule has 0 saturated carbocycles. The topological polar surface area (TPSA) is 78.4 Å². The van der Waals surface area contributed by atoms with Crippen LogP contribution in [0.3, 0.4) is 0 Å². The fourth-order valence-corrected chi connectivity index (χ4v) is 1.91. The Bertz CT molecular complexity index is 457. The number of carboxylic acids is 1. The molecule has 0 aliphatic rings. The highest BCUT2D eigenvalue weighted by Crippen LogP contribution is 2.24. The predicted octanol–water partition coefficient (Wildman–Crippen LogP) is 3.02. The molecule has 5 nitrogen and oxygen atoms in total. The van der Waals surface area contributed by atoms with Crippen LogP contribution < -0.4 is 10.6 Å². The molecule has 0 radical (unpaired) electrons. The lowest BCUT2D eigenvalue weighted by Gasteiger charge is -2.15. The van der Waals surface area contributed by atoms with Crippen LogP contribution in [0, 0.1) is 6.92 Å². The molecule has 0 spiro atoms. The molecule has 0 heterocycles. The van der Waals surface area contributed by atoms with Gasteiger partial charge in [-0.1, -0.05) is 37.1 Å². The van der Waals surface area contributed by atoms with E-state index in [2.05, 4.69) is 10.6 Å². The molecule has 2 amide bonds. The van der Waals surface area contributed by atoms with E-state index in [1.807, 2.05) is 19.9 Å². The lowest BCUT2D eigenvalue weighted by atomic mass is 10.2. The maximum atomic E-state index is 11.8. The maximum absolute atomic E-state index is 11.8. The Morgan fingerprint density at radius 1 is 1.42 bits per heavy atom. The SMILES string of the molecule is CCC[C@H](NC(=O)Nc1c(C)cccc1Cl)C(=O)O. The van der Waals surface area contributed by atoms with Gasteiger partial charge in [-0.15, -0.1) is 0 Å². The highest BCUT2D eigenvalue weighted by Gasteiger charge is 2.19. The molecule has 0 aromatic heterocycles. The van der Waals surface area contributed by atoms with Crippen LogP contribution in [-0.4, -0.2) is 23.1 Å². The zero-order chi connectivity index (χ0) is 14.4. The number of halogens is 1. The van der Waals surface area contributed by atoms with Crippen molar-refractivity contribution in [3.8, 4) is 0 Å². The molecular weight excluding hydrogens is 268 g/mol. The zero-order valence-electron chi connectivity index (χ0n) is 10.9. The number of carboxylic acid groups (broad SMARTS) is 1. The van der Waals surface area contributed by atoms with E-state index >= 15 is 0 Å². The molecular formula is C13H17ClN2O3. The van der Waals surface area contributed by atoms with Crippen molar-refractivity contribution in [2.75, 3.05) is 5.32 Å². The molecule has 1 atom stereocenters. The van der Waals surface area contributed by atoms with Gasteiger partial charge in [-0.3, -0.25) is 0 Å². The quantitative estimate of drug-likeness (QED) is 0.777. The van der Waals surface area contributed by atoms with Crippen molar-refractivity contribution in [3.63, 3.8) is 0 Å². The predicted molar refractivity (Wildman–Crippen MR) is 74.7 cm³/mol. The van der Waals surface area contributed by atoms with Crippen LogP contribution >= 0.6 is 11.6 Å². The second kappa shape index (κ2) is 6.99. The largest absolute Gasteiger partial charge is 0.480 e. The standard InChI is InChI=1S/C13H17ClN2O3/c1-3-5-10(12(17)18)15-13(19)16-11-8(2)6-4-7-9(11)14/h4,6-7,10H,3,5H2,1-2H3,(H,17,18)(H2,15,16,19)/t10-/m0/s1. The summed E-state index contributed by atoms with van der Waals surface area (Å²) in [4.78, 5) is 22.7. The highest BCUT2D eigenvalue weighted by molar-refractivity contribution is 6.33. The lowest BCUT2D eigenvalue weighted by Crippen LogP contribution is -2.43. The number of amides is 2. The van der Waals surface area contributed by atoms with Crippen molar-refractivity contribution in [2.24, 2.45) is 0 Å². The van der Waals surface area contributed by atoms with Crippen LogP contribution in [0.2, 0.25) is 5.02 Å². The van der Waals surface area contributed by atoms with E-state index in [-0.39, 0.29) is 0 Å². The molecule has 0 fully saturated rings. The maximum Gasteiger partial charge on any atom is 0.326 e. The summed E-state index contributed by atoms with van der Waals surface area (Å²) in [6.45, 7) is 3.66. The van der Waals surface area contributed by atoms with Crippen molar-refractivity contribution in [2.45, 2.75) is 32.7 Å². The fourth-order valence-electron chi connectivity index (χ4n) is 1.64. The number of para-hydroxylation sites is 1. The molecule has 3 N–H and O–H groups in total. The summed E-state index contributed by atoms with van der Waals surface area (Å²) < 4.78 is 0. The number of nitrogens with one attached hydrogen (secondary N) is 2. The third-order valence-electron chi connectivity index (χ3n) is 2.64. The molecule has 0 bridgehead atoms. The van der Waals surface area contributed by atoms with Crippen molar-refractivity contribution < 1.29 is 14.7 Å². The summed E-state index contributed by atoms with van der Waals surface area (Å²) in [6, 6.07) is 3.77. The molecule has 0 aliphatic carbocycles. The molecule has 0 saturated heterocycles. The molecule has 0 aliphatic heterocycles. The fraction of sp³-hybridized carbons (Fsp3) is 0.385. The van der Waals surface area contributed by atoms with Gasteiger partial charge in [0.05, 0.1) is 10.7 Å². The van der Waals surface area contributed by atoms with Gasteiger partial charge in [0.25, 0.3) is 0 Å². The monoisotopic (exact) mass is 284 g/mol. The van der Waals surface area contributed by atoms with Crippen LogP contribution in [0.25, 0.3) is 0 Å². The van der Waals surface area contributed by atoms with Gasteiger partial charge in [0.1, 0.15) is 6.04 Å². The number of carbonyl (C=O) groups excluding carboxylic acids is 1. The van der Waals surface area contributed by atoms with Crippen molar-refractivity contribution >= 4 is 29.3 Å². The van der Waals surface area contributed by atoms with Gasteiger partial charge in [0.15, 0.2) is 0 Å². The minimum absolute atomic E-state index is 0.379. The Morgan fingerprint density at radius 3 is 2.63 bits per heavy atom. The number of carbonyl (C=O) groups is 2. The van der Waals surface area contributed by atoms with Gasteiger partial charge in [0.2, 0.25) is 0 Å². The Morgan fingerprint density at radius 2 is 2.11 bits per heavy atom. The van der Waals surface area contributed by atoms with Crippen LogP contribution in [0.4, 0.5) is 10.5 Å². The van der Waals surface area contributed by atoms with E-state index in [4.69, 9.17) is 16.7 Å². The number of aliphatic carboxylic acids is 1. The smallest absolute Gasteiger partial charge is 0.326 e. The molecule has 19 heavy (non-hydrogen) atoms. The summed E-state index contributed by atoms with van der Waals surface area (Å²) in [7, 11) is 0. The second-order valence-electron chi connectivity index (χ2n) is 4.21. The van der Waals surface area contributed by atoms with Gasteiger partial charge < -0.3 is 15.7 Å². The Hall–Kier alpha value is -1.75. The normalized spacial score (nSPS) is 11.7. The summed E-state index contributed by atoms with van der Waals surface area (Å²) in [6.07, 6.45) is 1.05. The summed E-state index contributed by atoms with van der Waals surface area (Å²) >= 11 is 5.98. The number of hydrogen-bond acceptors (Lipinski definition) is 2. The number of hydrogen-bond donors (Lipinski definition) is 3. The Balaban J connectivity index is 2.72. The van der Waals surface area contributed by atoms with Crippen molar-refractivity contribution in [1.82, 2.24) is 5.32 Å². The average molecular weight is 285 g/mol. The summed E-state index contributed by atoms with van der Waals surface area (Å²) in [5.74, 6) is -1.05. The number of benzene rings is 1. The first-order valence-electron chi connectivity index (χ1n) is 6.01. The highest BCUT2D eigenvalue weighted by atomic mass is 35.5. The first-order valence-corrected chi connectivity index (χ1v) is 6.39. The number of urea groups is 1. The first kappa shape index (κ1) is 15.3. The van der Waals surface area contributed by atoms with Gasteiger partial charge >= 0.3 is 12.0 Å². The minimum atomic E-state index is -1.05. The van der Waals surface area contributed by atoms with E-state index in [0.29, 0.717) is 23.6 Å². The first-order chi connectivity index (χ1) is 8.95. The zero-order valence-corrected chi connectivity index (χ0v) is 11.6. The van der Waals surface area contributed by atoms with E-state index < -0.39 is 18.0 Å². The Labute approximate surface area is 117 Å². The van der Waals surface area contributed by atoms with E-state index in [1.165, 1.54) is 0 Å². The lowest BCUT2D eigenvalue weighted by molar-refractivity contribution is -0.139. The van der Waals surface area contributed by atoms with Crippen LogP contribution in [0.5, 0.6) is 0 Å². The molecule has 1 aromatic carbocycles. The third kappa shape index (κ3) is 4.44. The van der Waals surface area contributed by atoms with Gasteiger partial charge in [-0.05, 0) is 25.0 Å². The van der Waals surface area contributed by atoms with Crippen molar-refractivity contribution in [3.05, 3.63) is 28.8 Å². The van der Waals surface area contributed by atoms with E-state index in [1.54, 1.807) is 12.1 Å². The van der Waals surface area contributed by atoms with Gasteiger partial charge in [-0.25, -0.2) is 9.59 Å². The Kier molecular flexibility index (Phi) is 5.63. The molecule has 1 aromatic rings. The summed E-state index contributed by atoms with van der Waals surface area (Å²) in [5, 5.41) is 14.4. The number of rotatable bonds is 5. The molecule has 1 rings (SSSR count). The average Bonchev–Trinajstić information content (AvgIpc) is 2.33. The van der Waals surface area contributed by atoms with Crippen LogP contribution in [-0.2, 0) is 4.79 Å². The van der Waals surface area contributed by atoms with Crippen LogP contribution in [0.15, 0.2) is 18.2 Å². The van der Waals surface area contributed by atoms with Crippen molar-refractivity contribution in [1.29, 1.82) is 0 Å². The van der Waals surface area contributed by atoms with Gasteiger partial charge in [0, 0.05) is 0 Å². The van der Waals surface area contributed by atoms with Crippen LogP contribution in [0.1, 0.15) is 25.3 Å². The second-order valence-corrected chi connectivity index (χ2v) is 4.62. The molecule has 104 valence electrons. The third-order valence-corrected chi connectivity index (χ3v) is 2.96. The van der Waals surface area contributed by atoms with E-state index in [9.17, 15) is 9.59 Å². The van der Waals surface area contributed by atoms with E-state index in [0.717, 1.165) is 5.56 Å².